The minimum absolute atomic E-state index is 0.369. The topological polar surface area (TPSA) is 43.8 Å². The first-order valence-corrected chi connectivity index (χ1v) is 6.69. The van der Waals surface area contributed by atoms with Crippen LogP contribution in [0.15, 0.2) is 18.2 Å². The van der Waals surface area contributed by atoms with Gasteiger partial charge in [0.15, 0.2) is 0 Å². The molecule has 0 bridgehead atoms. The van der Waals surface area contributed by atoms with Crippen LogP contribution >= 0.6 is 0 Å². The Morgan fingerprint density at radius 2 is 2.21 bits per heavy atom. The fourth-order valence-corrected chi connectivity index (χ4v) is 2.62. The van der Waals surface area contributed by atoms with Crippen molar-refractivity contribution in [2.45, 2.75) is 25.9 Å². The van der Waals surface area contributed by atoms with E-state index in [4.69, 9.17) is 5.11 Å². The van der Waals surface area contributed by atoms with E-state index in [2.05, 4.69) is 23.9 Å². The van der Waals surface area contributed by atoms with Gasteiger partial charge >= 0.3 is 5.97 Å². The number of likely N-dealkylation sites (tertiary alicyclic amines) is 1. The molecule has 1 saturated heterocycles. The second-order valence-corrected chi connectivity index (χ2v) is 5.59. The minimum atomic E-state index is -0.858. The fourth-order valence-electron chi connectivity index (χ4n) is 2.62. The van der Waals surface area contributed by atoms with Crippen LogP contribution in [0.4, 0.5) is 0 Å². The van der Waals surface area contributed by atoms with Crippen molar-refractivity contribution in [2.75, 3.05) is 27.2 Å². The largest absolute Gasteiger partial charge is 0.478 e. The maximum Gasteiger partial charge on any atom is 0.335 e. The Morgan fingerprint density at radius 3 is 2.74 bits per heavy atom. The number of likely N-dealkylation sites (N-methyl/N-ethyl adjacent to an activating group) is 1. The second-order valence-electron chi connectivity index (χ2n) is 5.59. The molecule has 104 valence electrons. The fraction of sp³-hybridized carbons (Fsp3) is 0.533. The zero-order chi connectivity index (χ0) is 14.0. The Hall–Kier alpha value is -1.39. The molecule has 1 N–H and O–H groups in total. The van der Waals surface area contributed by atoms with Gasteiger partial charge in [-0.1, -0.05) is 6.07 Å². The van der Waals surface area contributed by atoms with Crippen LogP contribution in [0.25, 0.3) is 0 Å². The molecule has 1 atom stereocenters. The molecular weight excluding hydrogens is 240 g/mol. The van der Waals surface area contributed by atoms with E-state index in [-0.39, 0.29) is 0 Å². The van der Waals surface area contributed by atoms with Gasteiger partial charge in [0, 0.05) is 25.7 Å². The van der Waals surface area contributed by atoms with Crippen molar-refractivity contribution in [3.8, 4) is 0 Å². The number of rotatable bonds is 4. The number of carboxylic acids is 1. The zero-order valence-corrected chi connectivity index (χ0v) is 11.9. The molecule has 2 rings (SSSR count). The highest BCUT2D eigenvalue weighted by Crippen LogP contribution is 2.19. The Balaban J connectivity index is 2.02. The predicted octanol–water partition coefficient (Wildman–Crippen LogP) is 1.83. The lowest BCUT2D eigenvalue weighted by molar-refractivity contribution is 0.0696. The van der Waals surface area contributed by atoms with Gasteiger partial charge in [-0.2, -0.15) is 0 Å². The molecule has 0 aromatic heterocycles. The molecule has 4 heteroatoms. The monoisotopic (exact) mass is 262 g/mol. The van der Waals surface area contributed by atoms with Crippen molar-refractivity contribution >= 4 is 5.97 Å². The van der Waals surface area contributed by atoms with Gasteiger partial charge in [0.2, 0.25) is 0 Å². The highest BCUT2D eigenvalue weighted by atomic mass is 16.4. The highest BCUT2D eigenvalue weighted by Gasteiger charge is 2.24. The quantitative estimate of drug-likeness (QED) is 0.899. The van der Waals surface area contributed by atoms with Gasteiger partial charge in [-0.15, -0.1) is 0 Å². The van der Waals surface area contributed by atoms with E-state index < -0.39 is 5.97 Å². The molecule has 1 aromatic carbocycles. The molecule has 0 amide bonds. The summed E-state index contributed by atoms with van der Waals surface area (Å²) in [4.78, 5) is 15.6. The lowest BCUT2D eigenvalue weighted by Gasteiger charge is -2.21. The molecule has 19 heavy (non-hydrogen) atoms. The van der Waals surface area contributed by atoms with Gasteiger partial charge in [0.1, 0.15) is 0 Å². The van der Waals surface area contributed by atoms with Crippen molar-refractivity contribution in [3.05, 3.63) is 34.9 Å². The molecule has 1 fully saturated rings. The Bertz CT molecular complexity index is 471. The van der Waals surface area contributed by atoms with Crippen molar-refractivity contribution in [3.63, 3.8) is 0 Å². The minimum Gasteiger partial charge on any atom is -0.478 e. The van der Waals surface area contributed by atoms with Crippen molar-refractivity contribution in [1.29, 1.82) is 0 Å². The van der Waals surface area contributed by atoms with E-state index in [1.165, 1.54) is 12.0 Å². The van der Waals surface area contributed by atoms with Gasteiger partial charge < -0.3 is 10.0 Å². The van der Waals surface area contributed by atoms with Gasteiger partial charge in [-0.05, 0) is 50.7 Å². The smallest absolute Gasteiger partial charge is 0.335 e. The number of hydrogen-bond donors (Lipinski definition) is 1. The van der Waals surface area contributed by atoms with Crippen molar-refractivity contribution in [2.24, 2.45) is 0 Å². The summed E-state index contributed by atoms with van der Waals surface area (Å²) < 4.78 is 0. The second kappa shape index (κ2) is 5.72. The number of aromatic carboxylic acids is 1. The van der Waals surface area contributed by atoms with Gasteiger partial charge in [0.25, 0.3) is 0 Å². The first-order valence-electron chi connectivity index (χ1n) is 6.69. The molecule has 0 radical (unpaired) electrons. The standard InChI is InChI=1S/C15H22N2O2/c1-11-8-12(15(18)19)4-5-13(11)9-17-7-6-14(10-17)16(2)3/h4-5,8,14H,6-7,9-10H2,1-3H3,(H,18,19). The van der Waals surface area contributed by atoms with Crippen LogP contribution in [0.1, 0.15) is 27.9 Å². The number of aryl methyl sites for hydroxylation is 1. The average molecular weight is 262 g/mol. The van der Waals surface area contributed by atoms with E-state index in [1.807, 2.05) is 13.0 Å². The summed E-state index contributed by atoms with van der Waals surface area (Å²) in [6, 6.07) is 6.04. The number of hydrogen-bond acceptors (Lipinski definition) is 3. The summed E-state index contributed by atoms with van der Waals surface area (Å²) in [5, 5.41) is 8.96. The van der Waals surface area contributed by atoms with Crippen molar-refractivity contribution < 1.29 is 9.90 Å². The normalized spacial score (nSPS) is 20.1. The van der Waals surface area contributed by atoms with E-state index in [1.54, 1.807) is 12.1 Å². The van der Waals surface area contributed by atoms with Gasteiger partial charge in [0.05, 0.1) is 5.56 Å². The predicted molar refractivity (Wildman–Crippen MR) is 75.5 cm³/mol. The van der Waals surface area contributed by atoms with Crippen LogP contribution < -0.4 is 0 Å². The van der Waals surface area contributed by atoms with E-state index in [0.717, 1.165) is 25.2 Å². The van der Waals surface area contributed by atoms with Crippen LogP contribution in [0.5, 0.6) is 0 Å². The van der Waals surface area contributed by atoms with Crippen LogP contribution in [-0.4, -0.2) is 54.1 Å². The molecule has 1 aliphatic rings. The summed E-state index contributed by atoms with van der Waals surface area (Å²) >= 11 is 0. The van der Waals surface area contributed by atoms with Crippen LogP contribution in [0, 0.1) is 6.92 Å². The van der Waals surface area contributed by atoms with Crippen LogP contribution in [-0.2, 0) is 6.54 Å². The molecule has 4 nitrogen and oxygen atoms in total. The molecule has 0 saturated carbocycles. The third-order valence-corrected chi connectivity index (χ3v) is 3.96. The number of carbonyl (C=O) groups is 1. The van der Waals surface area contributed by atoms with E-state index >= 15 is 0 Å². The summed E-state index contributed by atoms with van der Waals surface area (Å²) in [7, 11) is 4.25. The average Bonchev–Trinajstić information content (AvgIpc) is 2.80. The Morgan fingerprint density at radius 1 is 1.47 bits per heavy atom. The zero-order valence-electron chi connectivity index (χ0n) is 11.9. The van der Waals surface area contributed by atoms with E-state index in [9.17, 15) is 4.79 Å². The Labute approximate surface area is 114 Å². The lowest BCUT2D eigenvalue weighted by atomic mass is 10.0. The SMILES string of the molecule is Cc1cc(C(=O)O)ccc1CN1CCC(N(C)C)C1. The molecule has 1 unspecified atom stereocenters. The maximum atomic E-state index is 10.9. The molecule has 1 aromatic rings. The van der Waals surface area contributed by atoms with E-state index in [0.29, 0.717) is 11.6 Å². The molecule has 0 spiro atoms. The molecule has 1 aliphatic heterocycles. The summed E-state index contributed by atoms with van der Waals surface area (Å²) in [5.74, 6) is -0.858. The highest BCUT2D eigenvalue weighted by molar-refractivity contribution is 5.87. The number of benzene rings is 1. The summed E-state index contributed by atoms with van der Waals surface area (Å²) in [5.41, 5.74) is 2.66. The first kappa shape index (κ1) is 14.0. The third kappa shape index (κ3) is 3.33. The third-order valence-electron chi connectivity index (χ3n) is 3.96. The first-order chi connectivity index (χ1) is 8.97. The van der Waals surface area contributed by atoms with Gasteiger partial charge in [-0.25, -0.2) is 4.79 Å². The molecular formula is C15H22N2O2. The Kier molecular flexibility index (Phi) is 4.22. The summed E-state index contributed by atoms with van der Waals surface area (Å²) in [6.07, 6.45) is 1.21. The van der Waals surface area contributed by atoms with Crippen LogP contribution in [0.2, 0.25) is 0 Å². The van der Waals surface area contributed by atoms with Crippen LogP contribution in [0.3, 0.4) is 0 Å². The number of nitrogens with zero attached hydrogens (tertiary/aromatic N) is 2. The summed E-state index contributed by atoms with van der Waals surface area (Å²) in [6.45, 7) is 5.10. The lowest BCUT2D eigenvalue weighted by Crippen LogP contribution is -2.31. The number of carboxylic acid groups (broad SMARTS) is 1. The molecule has 0 aliphatic carbocycles. The molecule has 1 heterocycles. The maximum absolute atomic E-state index is 10.9. The van der Waals surface area contributed by atoms with Gasteiger partial charge in [-0.3, -0.25) is 4.90 Å². The van der Waals surface area contributed by atoms with Crippen molar-refractivity contribution in [1.82, 2.24) is 9.80 Å².